The Morgan fingerprint density at radius 2 is 1.54 bits per heavy atom. The fourth-order valence-corrected chi connectivity index (χ4v) is 6.21. The molecular weight excluding hydrogens is 490 g/mol. The number of aromatic nitrogens is 4. The number of benzene rings is 2. The van der Waals surface area contributed by atoms with E-state index >= 15 is 0 Å². The maximum absolute atomic E-state index is 13.9. The van der Waals surface area contributed by atoms with Crippen molar-refractivity contribution in [3.63, 3.8) is 0 Å². The summed E-state index contributed by atoms with van der Waals surface area (Å²) in [6.07, 6.45) is 3.26. The van der Waals surface area contributed by atoms with E-state index < -0.39 is 10.0 Å². The van der Waals surface area contributed by atoms with Crippen LogP contribution in [-0.2, 0) is 23.1 Å². The highest BCUT2D eigenvalue weighted by molar-refractivity contribution is 7.88. The minimum Gasteiger partial charge on any atom is -0.327 e. The van der Waals surface area contributed by atoms with Gasteiger partial charge < -0.3 is 4.57 Å². The van der Waals surface area contributed by atoms with Crippen molar-refractivity contribution in [2.75, 3.05) is 19.3 Å². The second-order valence-corrected chi connectivity index (χ2v) is 12.3. The third-order valence-corrected chi connectivity index (χ3v) is 8.63. The maximum Gasteiger partial charge on any atom is 0.329 e. The number of imidazole rings is 1. The van der Waals surface area contributed by atoms with Crippen LogP contribution in [0.15, 0.2) is 58.1 Å². The summed E-state index contributed by atoms with van der Waals surface area (Å²) in [5.74, 6) is 1.02. The number of sulfonamides is 1. The maximum atomic E-state index is 13.9. The molecule has 1 aliphatic heterocycles. The predicted octanol–water partition coefficient (Wildman–Crippen LogP) is 3.20. The van der Waals surface area contributed by atoms with E-state index in [4.69, 9.17) is 0 Å². The molecule has 1 aliphatic rings. The number of nitrogens with zero attached hydrogens (tertiary/aromatic N) is 5. The Bertz CT molecular complexity index is 1670. The molecule has 5 rings (SSSR count). The molecule has 9 nitrogen and oxygen atoms in total. The van der Waals surface area contributed by atoms with Crippen molar-refractivity contribution in [1.82, 2.24) is 23.0 Å². The van der Waals surface area contributed by atoms with Gasteiger partial charge in [0, 0.05) is 25.7 Å². The third kappa shape index (κ3) is 4.87. The van der Waals surface area contributed by atoms with Crippen LogP contribution in [0.25, 0.3) is 21.9 Å². The average Bonchev–Trinajstić information content (AvgIpc) is 3.14. The second kappa shape index (κ2) is 9.90. The van der Waals surface area contributed by atoms with E-state index in [1.54, 1.807) is 15.2 Å². The van der Waals surface area contributed by atoms with Crippen LogP contribution < -0.4 is 11.2 Å². The van der Waals surface area contributed by atoms with Crippen molar-refractivity contribution in [2.24, 2.45) is 5.92 Å². The molecule has 0 spiro atoms. The van der Waals surface area contributed by atoms with E-state index in [0.29, 0.717) is 49.6 Å². The lowest BCUT2D eigenvalue weighted by Gasteiger charge is -2.30. The van der Waals surface area contributed by atoms with Crippen LogP contribution in [0, 0.1) is 5.92 Å². The lowest BCUT2D eigenvalue weighted by molar-refractivity contribution is 0.274. The summed E-state index contributed by atoms with van der Waals surface area (Å²) in [6.45, 7) is 5.95. The molecule has 0 N–H and O–H groups in total. The molecule has 3 heterocycles. The van der Waals surface area contributed by atoms with Crippen LogP contribution >= 0.6 is 0 Å². The summed E-state index contributed by atoms with van der Waals surface area (Å²) >= 11 is 0. The van der Waals surface area contributed by atoms with Gasteiger partial charge in [-0.2, -0.15) is 4.98 Å². The first-order valence-electron chi connectivity index (χ1n) is 12.8. The van der Waals surface area contributed by atoms with Gasteiger partial charge in [0.05, 0.1) is 34.7 Å². The van der Waals surface area contributed by atoms with Gasteiger partial charge in [0.25, 0.3) is 5.56 Å². The molecule has 10 heteroatoms. The van der Waals surface area contributed by atoms with Crippen molar-refractivity contribution in [1.29, 1.82) is 0 Å². The summed E-state index contributed by atoms with van der Waals surface area (Å²) in [7, 11) is -3.26. The molecule has 1 saturated heterocycles. The highest BCUT2D eigenvalue weighted by Crippen LogP contribution is 2.27. The first-order valence-corrected chi connectivity index (χ1v) is 14.6. The van der Waals surface area contributed by atoms with E-state index in [-0.39, 0.29) is 23.8 Å². The molecule has 2 aromatic carbocycles. The molecule has 37 heavy (non-hydrogen) atoms. The average molecular weight is 524 g/mol. The van der Waals surface area contributed by atoms with Crippen molar-refractivity contribution in [3.8, 4) is 0 Å². The largest absolute Gasteiger partial charge is 0.329 e. The summed E-state index contributed by atoms with van der Waals surface area (Å²) in [5, 5.41) is 0.572. The van der Waals surface area contributed by atoms with Gasteiger partial charge in [-0.25, -0.2) is 17.5 Å². The van der Waals surface area contributed by atoms with Crippen LogP contribution in [0.5, 0.6) is 0 Å². The van der Waals surface area contributed by atoms with E-state index in [9.17, 15) is 18.0 Å². The number of fused-ring (bicyclic) bond motifs is 2. The highest BCUT2D eigenvalue weighted by atomic mass is 32.2. The van der Waals surface area contributed by atoms with Crippen LogP contribution in [0.2, 0.25) is 0 Å². The van der Waals surface area contributed by atoms with E-state index in [1.807, 2.05) is 42.5 Å². The number of hydrogen-bond acceptors (Lipinski definition) is 5. The van der Waals surface area contributed by atoms with Gasteiger partial charge in [-0.05, 0) is 49.4 Å². The van der Waals surface area contributed by atoms with Crippen molar-refractivity contribution >= 4 is 32.0 Å². The summed E-state index contributed by atoms with van der Waals surface area (Å²) in [6, 6.07) is 15.0. The predicted molar refractivity (Wildman–Crippen MR) is 145 cm³/mol. The standard InChI is InChI=1S/C27H33N5O4S/c1-19(2)12-17-30-22-9-5-4-8-21(22)26(33)28-25(30)18-31-23-10-6-7-11-24(23)32(27(31)34)20-13-15-29(16-14-20)37(3,35)36/h4-11,19-20H,12-18H2,1-3H3. The fourth-order valence-electron chi connectivity index (χ4n) is 5.34. The Morgan fingerprint density at radius 1 is 0.919 bits per heavy atom. The number of rotatable bonds is 7. The van der Waals surface area contributed by atoms with Crippen molar-refractivity contribution in [2.45, 2.75) is 52.2 Å². The van der Waals surface area contributed by atoms with E-state index in [0.717, 1.165) is 23.0 Å². The minimum atomic E-state index is -3.26. The normalized spacial score (nSPS) is 15.8. The second-order valence-electron chi connectivity index (χ2n) is 10.3. The summed E-state index contributed by atoms with van der Waals surface area (Å²) in [4.78, 5) is 31.2. The third-order valence-electron chi connectivity index (χ3n) is 7.32. The Kier molecular flexibility index (Phi) is 6.80. The van der Waals surface area contributed by atoms with Gasteiger partial charge in [0.15, 0.2) is 0 Å². The zero-order chi connectivity index (χ0) is 26.3. The number of para-hydroxylation sites is 3. The van der Waals surface area contributed by atoms with Gasteiger partial charge in [0.1, 0.15) is 5.82 Å². The molecule has 1 fully saturated rings. The van der Waals surface area contributed by atoms with Crippen molar-refractivity contribution in [3.05, 3.63) is 75.2 Å². The number of piperidine rings is 1. The Balaban J connectivity index is 1.60. The van der Waals surface area contributed by atoms with Gasteiger partial charge in [-0.3, -0.25) is 13.9 Å². The van der Waals surface area contributed by atoms with Gasteiger partial charge in [0.2, 0.25) is 10.0 Å². The molecule has 0 radical (unpaired) electrons. The summed E-state index contributed by atoms with van der Waals surface area (Å²) < 4.78 is 31.0. The first-order chi connectivity index (χ1) is 17.6. The van der Waals surface area contributed by atoms with Crippen LogP contribution in [0.3, 0.4) is 0 Å². The fraction of sp³-hybridized carbons (Fsp3) is 0.444. The highest BCUT2D eigenvalue weighted by Gasteiger charge is 2.29. The monoisotopic (exact) mass is 523 g/mol. The van der Waals surface area contributed by atoms with Crippen molar-refractivity contribution < 1.29 is 8.42 Å². The minimum absolute atomic E-state index is 0.107. The Morgan fingerprint density at radius 3 is 2.19 bits per heavy atom. The smallest absolute Gasteiger partial charge is 0.327 e. The lowest BCUT2D eigenvalue weighted by Crippen LogP contribution is -2.40. The topological polar surface area (TPSA) is 99.2 Å². The Labute approximate surface area is 216 Å². The zero-order valence-electron chi connectivity index (χ0n) is 21.5. The summed E-state index contributed by atoms with van der Waals surface area (Å²) in [5.41, 5.74) is 1.94. The molecule has 0 atom stereocenters. The van der Waals surface area contributed by atoms with Crippen LogP contribution in [-0.4, -0.2) is 50.8 Å². The SMILES string of the molecule is CC(C)CCn1c(Cn2c(=O)n(C3CCN(S(C)(=O)=O)CC3)c3ccccc32)nc(=O)c2ccccc21. The molecule has 0 saturated carbocycles. The lowest BCUT2D eigenvalue weighted by atomic mass is 10.1. The van der Waals surface area contributed by atoms with E-state index in [2.05, 4.69) is 23.4 Å². The zero-order valence-corrected chi connectivity index (χ0v) is 22.3. The molecule has 0 aliphatic carbocycles. The number of hydrogen-bond donors (Lipinski definition) is 0. The van der Waals surface area contributed by atoms with Gasteiger partial charge in [-0.15, -0.1) is 0 Å². The van der Waals surface area contributed by atoms with E-state index in [1.165, 1.54) is 10.6 Å². The quantitative estimate of drug-likeness (QED) is 0.370. The molecular formula is C27H33N5O4S. The van der Waals surface area contributed by atoms with Crippen LogP contribution in [0.1, 0.15) is 45.0 Å². The number of aryl methyl sites for hydroxylation is 1. The van der Waals surface area contributed by atoms with Crippen LogP contribution in [0.4, 0.5) is 0 Å². The van der Waals surface area contributed by atoms with Gasteiger partial charge >= 0.3 is 5.69 Å². The molecule has 4 aromatic rings. The molecule has 0 unspecified atom stereocenters. The van der Waals surface area contributed by atoms with Gasteiger partial charge in [-0.1, -0.05) is 38.1 Å². The molecule has 0 amide bonds. The Hall–Kier alpha value is -3.24. The molecule has 196 valence electrons. The molecule has 0 bridgehead atoms. The molecule has 2 aromatic heterocycles. The first kappa shape index (κ1) is 25.4.